The fourth-order valence-corrected chi connectivity index (χ4v) is 10.8. The number of hydrogen-bond donors (Lipinski definition) is 5. The highest BCUT2D eigenvalue weighted by Crippen LogP contribution is 2.49. The normalized spacial score (nSPS) is 37.7. The van der Waals surface area contributed by atoms with Gasteiger partial charge in [0.05, 0.1) is 38.1 Å². The van der Waals surface area contributed by atoms with Crippen LogP contribution in [0.5, 0.6) is 0 Å². The van der Waals surface area contributed by atoms with E-state index in [2.05, 4.69) is 19.2 Å². The fourth-order valence-electron chi connectivity index (χ4n) is 10.8. The summed E-state index contributed by atoms with van der Waals surface area (Å²) in [4.78, 5) is 25.2. The molecule has 11 heteroatoms. The first-order valence-electron chi connectivity index (χ1n) is 19.9. The van der Waals surface area contributed by atoms with E-state index in [0.717, 1.165) is 57.9 Å². The summed E-state index contributed by atoms with van der Waals surface area (Å²) in [5.41, 5.74) is 6.37. The molecule has 3 aliphatic carbocycles. The summed E-state index contributed by atoms with van der Waals surface area (Å²) in [6.45, 7) is 9.16. The first-order valence-corrected chi connectivity index (χ1v) is 19.9. The van der Waals surface area contributed by atoms with Crippen molar-refractivity contribution in [1.82, 2.24) is 0 Å². The number of rotatable bonds is 16. The van der Waals surface area contributed by atoms with Crippen molar-refractivity contribution in [3.63, 3.8) is 0 Å². The number of aliphatic hydroxyl groups is 3. The molecular formula is C39H71N2O9+. The van der Waals surface area contributed by atoms with Gasteiger partial charge in [0.2, 0.25) is 0 Å². The van der Waals surface area contributed by atoms with E-state index in [1.165, 1.54) is 13.8 Å². The van der Waals surface area contributed by atoms with Gasteiger partial charge in [-0.2, -0.15) is 0 Å². The van der Waals surface area contributed by atoms with Crippen molar-refractivity contribution in [3.05, 3.63) is 0 Å². The molecule has 0 aromatic heterocycles. The molecule has 2 bridgehead atoms. The molecule has 7 N–H and O–H groups in total. The van der Waals surface area contributed by atoms with Crippen LogP contribution in [0.25, 0.3) is 0 Å². The van der Waals surface area contributed by atoms with E-state index in [-0.39, 0.29) is 61.1 Å². The molecule has 1 heterocycles. The van der Waals surface area contributed by atoms with Crippen LogP contribution in [-0.2, 0) is 28.5 Å². The second kappa shape index (κ2) is 20.2. The minimum atomic E-state index is -0.602. The summed E-state index contributed by atoms with van der Waals surface area (Å²) in [5, 5.41) is 34.4. The van der Waals surface area contributed by atoms with Crippen LogP contribution in [0.4, 0.5) is 0 Å². The third-order valence-corrected chi connectivity index (χ3v) is 13.1. The first-order chi connectivity index (χ1) is 23.9. The maximum absolute atomic E-state index is 12.7. The maximum atomic E-state index is 12.7. The molecule has 1 aliphatic heterocycles. The van der Waals surface area contributed by atoms with Gasteiger partial charge in [0.15, 0.2) is 0 Å². The summed E-state index contributed by atoms with van der Waals surface area (Å²) >= 11 is 0. The summed E-state index contributed by atoms with van der Waals surface area (Å²) in [5.74, 6) is 2.31. The van der Waals surface area contributed by atoms with Crippen LogP contribution in [0.2, 0.25) is 0 Å². The van der Waals surface area contributed by atoms with Crippen LogP contribution in [0.1, 0.15) is 111 Å². The molecule has 0 radical (unpaired) electrons. The van der Waals surface area contributed by atoms with Crippen LogP contribution in [-0.4, -0.2) is 97.4 Å². The third kappa shape index (κ3) is 11.8. The van der Waals surface area contributed by atoms with Crippen molar-refractivity contribution in [2.75, 3.05) is 33.5 Å². The molecule has 3 saturated carbocycles. The lowest BCUT2D eigenvalue weighted by Crippen LogP contribution is -2.94. The highest BCUT2D eigenvalue weighted by Gasteiger charge is 2.45. The highest BCUT2D eigenvalue weighted by atomic mass is 16.6. The molecule has 4 rings (SSSR count). The van der Waals surface area contributed by atoms with Gasteiger partial charge in [-0.15, -0.1) is 0 Å². The van der Waals surface area contributed by atoms with E-state index in [0.29, 0.717) is 68.3 Å². The zero-order valence-corrected chi connectivity index (χ0v) is 31.6. The molecule has 290 valence electrons. The Labute approximate surface area is 301 Å². The number of quaternary nitrogens is 1. The van der Waals surface area contributed by atoms with Crippen molar-refractivity contribution in [3.8, 4) is 0 Å². The summed E-state index contributed by atoms with van der Waals surface area (Å²) in [6.07, 6.45) is 8.18. The van der Waals surface area contributed by atoms with Gasteiger partial charge in [0, 0.05) is 40.4 Å². The Morgan fingerprint density at radius 2 is 1.62 bits per heavy atom. The predicted molar refractivity (Wildman–Crippen MR) is 189 cm³/mol. The van der Waals surface area contributed by atoms with E-state index < -0.39 is 24.4 Å². The summed E-state index contributed by atoms with van der Waals surface area (Å²) in [6, 6.07) is 0. The van der Waals surface area contributed by atoms with Gasteiger partial charge in [-0.1, -0.05) is 13.8 Å². The number of nitrogens with two attached hydrogens (primary N) is 2. The van der Waals surface area contributed by atoms with Crippen LogP contribution < -0.4 is 11.1 Å². The molecule has 4 fully saturated rings. The zero-order chi connectivity index (χ0) is 36.4. The number of hydrogen-bond acceptors (Lipinski definition) is 10. The van der Waals surface area contributed by atoms with Crippen LogP contribution >= 0.6 is 0 Å². The lowest BCUT2D eigenvalue weighted by atomic mass is 9.60. The number of piperidine rings is 1. The third-order valence-electron chi connectivity index (χ3n) is 13.1. The SMILES string of the molecule is COCC[C@H]1[C@@H]2CC[C@@H](C(C)C)[C@H](C2)C[C@@H]([C@@H](C[C@@H](CCC2CC(OCCO)C(O)CC2C2CC[NH2+]C(N)C2)OC(C)=O)OC(C)=O)C[C@H]1O. The van der Waals surface area contributed by atoms with Crippen molar-refractivity contribution in [2.24, 2.45) is 59.0 Å². The van der Waals surface area contributed by atoms with E-state index >= 15 is 0 Å². The van der Waals surface area contributed by atoms with Crippen LogP contribution in [0.15, 0.2) is 0 Å². The molecule has 4 aliphatic rings. The largest absolute Gasteiger partial charge is 0.462 e. The number of fused-ring (bicyclic) bond motifs is 2. The van der Waals surface area contributed by atoms with Gasteiger partial charge in [0.25, 0.3) is 0 Å². The molecule has 6 unspecified atom stereocenters. The Morgan fingerprint density at radius 1 is 0.860 bits per heavy atom. The smallest absolute Gasteiger partial charge is 0.302 e. The number of carbonyl (C=O) groups is 2. The Hall–Kier alpha value is -1.34. The molecule has 11 nitrogen and oxygen atoms in total. The number of ether oxygens (including phenoxy) is 4. The highest BCUT2D eigenvalue weighted by molar-refractivity contribution is 5.66. The molecule has 14 atom stereocenters. The van der Waals surface area contributed by atoms with Crippen molar-refractivity contribution >= 4 is 11.9 Å². The van der Waals surface area contributed by atoms with E-state index in [1.54, 1.807) is 7.11 Å². The number of methoxy groups -OCH3 is 1. The molecule has 0 amide bonds. The first kappa shape index (κ1) is 41.4. The molecular weight excluding hydrogens is 640 g/mol. The van der Waals surface area contributed by atoms with E-state index in [1.807, 2.05) is 0 Å². The topological polar surface area (TPSA) is 174 Å². The molecule has 0 spiro atoms. The molecule has 0 aromatic carbocycles. The van der Waals surface area contributed by atoms with Gasteiger partial charge < -0.3 is 39.6 Å². The zero-order valence-electron chi connectivity index (χ0n) is 31.6. The van der Waals surface area contributed by atoms with Crippen molar-refractivity contribution in [1.29, 1.82) is 0 Å². The number of esters is 2. The minimum Gasteiger partial charge on any atom is -0.462 e. The van der Waals surface area contributed by atoms with Crippen LogP contribution in [0, 0.1) is 53.3 Å². The quantitative estimate of drug-likeness (QED) is 0.150. The minimum absolute atomic E-state index is 0.0520. The lowest BCUT2D eigenvalue weighted by molar-refractivity contribution is -0.699. The Kier molecular flexibility index (Phi) is 16.7. The Morgan fingerprint density at radius 3 is 2.28 bits per heavy atom. The van der Waals surface area contributed by atoms with Gasteiger partial charge >= 0.3 is 11.9 Å². The Bertz CT molecular complexity index is 1030. The second-order valence-electron chi connectivity index (χ2n) is 16.7. The summed E-state index contributed by atoms with van der Waals surface area (Å²) in [7, 11) is 1.71. The number of aliphatic hydroxyl groups excluding tert-OH is 3. The predicted octanol–water partition coefficient (Wildman–Crippen LogP) is 3.16. The number of carbonyl (C=O) groups excluding carboxylic acids is 2. The lowest BCUT2D eigenvalue weighted by Gasteiger charge is -2.47. The van der Waals surface area contributed by atoms with Gasteiger partial charge in [0.1, 0.15) is 18.4 Å². The van der Waals surface area contributed by atoms with E-state index in [9.17, 15) is 24.9 Å². The fraction of sp³-hybridized carbons (Fsp3) is 0.949. The maximum Gasteiger partial charge on any atom is 0.302 e. The monoisotopic (exact) mass is 712 g/mol. The van der Waals surface area contributed by atoms with E-state index in [4.69, 9.17) is 24.7 Å². The average molecular weight is 712 g/mol. The Balaban J connectivity index is 1.55. The molecule has 50 heavy (non-hydrogen) atoms. The molecule has 1 saturated heterocycles. The second-order valence-corrected chi connectivity index (χ2v) is 16.7. The van der Waals surface area contributed by atoms with Gasteiger partial charge in [-0.3, -0.25) is 15.3 Å². The molecule has 0 aromatic rings. The van der Waals surface area contributed by atoms with Crippen LogP contribution in [0.3, 0.4) is 0 Å². The standard InChI is InChI=1S/C39H70N2O9/c1-23(2)32-9-7-26-16-29(32)17-30(18-35(45)33(26)11-14-47-5)37(50-25(4)44)21-31(49-24(3)43)8-6-27-19-38(48-15-13-42)36(46)22-34(27)28-10-12-41-39(40)20-28/h23,26-39,41-42,45-46H,6-22,40H2,1-5H3/p+1/t26-,27?,28?,29-,30-,31-,32+,33+,34?,35-,36?,37-,38?,39?/m1/s1. The average Bonchev–Trinajstić information content (AvgIpc) is 3.05. The van der Waals surface area contributed by atoms with Crippen molar-refractivity contribution in [2.45, 2.75) is 148 Å². The van der Waals surface area contributed by atoms with Gasteiger partial charge in [-0.25, -0.2) is 0 Å². The van der Waals surface area contributed by atoms with Gasteiger partial charge in [-0.05, 0) is 124 Å². The van der Waals surface area contributed by atoms with Crippen molar-refractivity contribution < 1.29 is 49.2 Å². The summed E-state index contributed by atoms with van der Waals surface area (Å²) < 4.78 is 23.5.